The molecule has 0 bridgehead atoms. The Balaban J connectivity index is 1.33. The zero-order valence-electron chi connectivity index (χ0n) is 24.5. The molecular weight excluding hydrogens is 570 g/mol. The summed E-state index contributed by atoms with van der Waals surface area (Å²) in [5.41, 5.74) is 8.18. The molecule has 0 spiro atoms. The Bertz CT molecular complexity index is 2160. The van der Waals surface area contributed by atoms with E-state index < -0.39 is 17.7 Å². The number of carbonyl (C=O) groups excluding carboxylic acids is 3. The first-order valence-corrected chi connectivity index (χ1v) is 14.3. The molecule has 1 aliphatic rings. The van der Waals surface area contributed by atoms with Gasteiger partial charge in [-0.1, -0.05) is 60.7 Å². The lowest BCUT2D eigenvalue weighted by Crippen LogP contribution is -2.30. The molecule has 5 aromatic carbocycles. The summed E-state index contributed by atoms with van der Waals surface area (Å²) in [6.07, 6.45) is 5.53. The van der Waals surface area contributed by atoms with E-state index in [1.54, 1.807) is 36.4 Å². The van der Waals surface area contributed by atoms with E-state index in [2.05, 4.69) is 40.7 Å². The molecule has 46 heavy (non-hydrogen) atoms. The number of nitrogens with one attached hydrogen (secondary N) is 2. The fourth-order valence-corrected chi connectivity index (χ4v) is 4.97. The Morgan fingerprint density at radius 2 is 1.22 bits per heavy atom. The van der Waals surface area contributed by atoms with Crippen LogP contribution in [0, 0.1) is 24.2 Å². The van der Waals surface area contributed by atoms with E-state index in [9.17, 15) is 14.4 Å². The second-order valence-electron chi connectivity index (χ2n) is 10.3. The predicted octanol–water partition coefficient (Wildman–Crippen LogP) is 7.36. The van der Waals surface area contributed by atoms with E-state index in [0.29, 0.717) is 22.5 Å². The lowest BCUT2D eigenvalue weighted by Gasteiger charge is -2.18. The summed E-state index contributed by atoms with van der Waals surface area (Å²) in [7, 11) is 0. The minimum absolute atomic E-state index is 0.203. The van der Waals surface area contributed by atoms with Crippen molar-refractivity contribution in [3.05, 3.63) is 173 Å². The van der Waals surface area contributed by atoms with Gasteiger partial charge in [-0.15, -0.1) is 12.2 Å². The summed E-state index contributed by atoms with van der Waals surface area (Å²) < 4.78 is 0. The standard InChI is InChI=1S/C40H25N3O3/c1-3-27-19-22-35-36(23-27)40(46)43(39(35)45)34-25-30(37(4-2)41-32-13-9-6-10-14-32)24-31(26-34)38(44)42-33-20-17-29(18-21-33)16-15-28-11-7-5-8-12-28/h1,5-14,17-26,41H,2H2,(H,42,44). The number of para-hydroxylation sites is 1. The van der Waals surface area contributed by atoms with Crippen molar-refractivity contribution in [2.24, 2.45) is 0 Å². The molecule has 0 aromatic heterocycles. The highest BCUT2D eigenvalue weighted by atomic mass is 16.2. The van der Waals surface area contributed by atoms with Crippen LogP contribution in [0.15, 0.2) is 134 Å². The van der Waals surface area contributed by atoms with Gasteiger partial charge in [0.05, 0.1) is 22.5 Å². The highest BCUT2D eigenvalue weighted by Gasteiger charge is 2.37. The maximum absolute atomic E-state index is 13.6. The fourth-order valence-electron chi connectivity index (χ4n) is 4.97. The summed E-state index contributed by atoms with van der Waals surface area (Å²) in [5.74, 6) is 7.23. The number of nitrogens with zero attached hydrogens (tertiary/aromatic N) is 1. The van der Waals surface area contributed by atoms with Crippen molar-refractivity contribution in [2.45, 2.75) is 0 Å². The summed E-state index contributed by atoms with van der Waals surface area (Å²) >= 11 is 0. The first kappa shape index (κ1) is 29.2. The van der Waals surface area contributed by atoms with E-state index in [0.717, 1.165) is 21.7 Å². The fraction of sp³-hybridized carbons (Fsp3) is 0. The molecule has 6 nitrogen and oxygen atoms in total. The third-order valence-corrected chi connectivity index (χ3v) is 7.27. The summed E-state index contributed by atoms with van der Waals surface area (Å²) in [6.45, 7) is 3.82. The number of amides is 3. The van der Waals surface area contributed by atoms with Crippen molar-refractivity contribution in [2.75, 3.05) is 15.5 Å². The lowest BCUT2D eigenvalue weighted by molar-refractivity contribution is 0.0924. The molecule has 1 heterocycles. The van der Waals surface area contributed by atoms with E-state index >= 15 is 0 Å². The summed E-state index contributed by atoms with van der Waals surface area (Å²) in [6, 6.07) is 35.7. The van der Waals surface area contributed by atoms with Gasteiger partial charge in [0.25, 0.3) is 17.7 Å². The zero-order valence-corrected chi connectivity index (χ0v) is 24.5. The SMILES string of the molecule is C#Cc1ccc2c(c1)C(=O)N(c1cc(C(=O)Nc3ccc(C#Cc4ccccc4)cc3)cc(C(=C=C)Nc3ccccc3)c1)C2=O. The van der Waals surface area contributed by atoms with Crippen LogP contribution in [0.5, 0.6) is 0 Å². The van der Waals surface area contributed by atoms with E-state index in [1.807, 2.05) is 72.8 Å². The molecule has 3 amide bonds. The van der Waals surface area contributed by atoms with Crippen LogP contribution in [-0.4, -0.2) is 17.7 Å². The zero-order chi connectivity index (χ0) is 32.0. The van der Waals surface area contributed by atoms with Gasteiger partial charge >= 0.3 is 0 Å². The summed E-state index contributed by atoms with van der Waals surface area (Å²) in [5, 5.41) is 6.15. The van der Waals surface area contributed by atoms with Crippen LogP contribution < -0.4 is 15.5 Å². The molecule has 1 aliphatic heterocycles. The molecule has 0 saturated carbocycles. The van der Waals surface area contributed by atoms with Crippen LogP contribution >= 0.6 is 0 Å². The lowest BCUT2D eigenvalue weighted by atomic mass is 10.0. The second kappa shape index (κ2) is 12.8. The molecule has 6 rings (SSSR count). The minimum atomic E-state index is -0.534. The highest BCUT2D eigenvalue weighted by Crippen LogP contribution is 2.32. The van der Waals surface area contributed by atoms with Crippen LogP contribution in [0.2, 0.25) is 0 Å². The number of carbonyl (C=O) groups is 3. The number of fused-ring (bicyclic) bond motifs is 1. The van der Waals surface area contributed by atoms with Crippen molar-refractivity contribution < 1.29 is 14.4 Å². The predicted molar refractivity (Wildman–Crippen MR) is 181 cm³/mol. The van der Waals surface area contributed by atoms with Gasteiger partial charge in [-0.25, -0.2) is 4.90 Å². The van der Waals surface area contributed by atoms with E-state index in [-0.39, 0.29) is 22.4 Å². The van der Waals surface area contributed by atoms with Crippen molar-refractivity contribution in [1.29, 1.82) is 0 Å². The van der Waals surface area contributed by atoms with Gasteiger partial charge in [-0.3, -0.25) is 14.4 Å². The van der Waals surface area contributed by atoms with Gasteiger partial charge in [0, 0.05) is 39.2 Å². The Morgan fingerprint density at radius 1 is 0.630 bits per heavy atom. The van der Waals surface area contributed by atoms with E-state index in [1.165, 1.54) is 12.1 Å². The maximum atomic E-state index is 13.6. The van der Waals surface area contributed by atoms with Crippen molar-refractivity contribution >= 4 is 40.5 Å². The third kappa shape index (κ3) is 6.11. The Labute approximate surface area is 266 Å². The van der Waals surface area contributed by atoms with Crippen LogP contribution in [-0.2, 0) is 0 Å². The Kier molecular flexibility index (Phi) is 8.13. The van der Waals surface area contributed by atoms with Crippen LogP contribution in [0.4, 0.5) is 17.1 Å². The number of imide groups is 1. The van der Waals surface area contributed by atoms with Gasteiger partial charge in [0.15, 0.2) is 0 Å². The van der Waals surface area contributed by atoms with Gasteiger partial charge in [-0.05, 0) is 84.9 Å². The van der Waals surface area contributed by atoms with Crippen molar-refractivity contribution in [3.8, 4) is 24.2 Å². The molecule has 2 N–H and O–H groups in total. The van der Waals surface area contributed by atoms with Gasteiger partial charge in [-0.2, -0.15) is 0 Å². The number of hydrogen-bond donors (Lipinski definition) is 2. The molecule has 6 heteroatoms. The van der Waals surface area contributed by atoms with Crippen molar-refractivity contribution in [3.63, 3.8) is 0 Å². The number of benzene rings is 5. The normalized spacial score (nSPS) is 11.4. The molecule has 0 fully saturated rings. The largest absolute Gasteiger partial charge is 0.349 e. The topological polar surface area (TPSA) is 78.5 Å². The van der Waals surface area contributed by atoms with Crippen LogP contribution in [0.3, 0.4) is 0 Å². The molecule has 218 valence electrons. The third-order valence-electron chi connectivity index (χ3n) is 7.27. The maximum Gasteiger partial charge on any atom is 0.266 e. The first-order chi connectivity index (χ1) is 22.4. The number of hydrogen-bond acceptors (Lipinski definition) is 4. The molecule has 0 saturated heterocycles. The average molecular weight is 596 g/mol. The number of rotatable bonds is 6. The smallest absolute Gasteiger partial charge is 0.266 e. The first-order valence-electron chi connectivity index (χ1n) is 14.3. The average Bonchev–Trinajstić information content (AvgIpc) is 3.35. The molecule has 5 aromatic rings. The van der Waals surface area contributed by atoms with Crippen molar-refractivity contribution in [1.82, 2.24) is 0 Å². The molecule has 0 aliphatic carbocycles. The van der Waals surface area contributed by atoms with Crippen LogP contribution in [0.1, 0.15) is 53.3 Å². The Morgan fingerprint density at radius 3 is 1.89 bits per heavy atom. The van der Waals surface area contributed by atoms with Gasteiger partial charge < -0.3 is 10.6 Å². The molecular formula is C40H25N3O3. The highest BCUT2D eigenvalue weighted by molar-refractivity contribution is 6.34. The molecule has 0 atom stereocenters. The number of terminal acetylenes is 1. The second-order valence-corrected chi connectivity index (χ2v) is 10.3. The molecule has 0 radical (unpaired) electrons. The molecule has 0 unspecified atom stereocenters. The monoisotopic (exact) mass is 595 g/mol. The van der Waals surface area contributed by atoms with Crippen LogP contribution in [0.25, 0.3) is 5.70 Å². The summed E-state index contributed by atoms with van der Waals surface area (Å²) in [4.78, 5) is 41.7. The van der Waals surface area contributed by atoms with E-state index in [4.69, 9.17) is 6.42 Å². The number of anilines is 3. The minimum Gasteiger partial charge on any atom is -0.349 e. The Hall–Kier alpha value is -6.85. The quantitative estimate of drug-likeness (QED) is 0.122. The van der Waals surface area contributed by atoms with Gasteiger partial charge in [0.2, 0.25) is 0 Å². The van der Waals surface area contributed by atoms with Gasteiger partial charge in [0.1, 0.15) is 0 Å².